The maximum Gasteiger partial charge on any atom is 0.127 e. The first-order valence-electron chi connectivity index (χ1n) is 8.58. The van der Waals surface area contributed by atoms with Crippen molar-refractivity contribution in [1.29, 1.82) is 0 Å². The molecule has 0 atom stereocenters. The summed E-state index contributed by atoms with van der Waals surface area (Å²) in [4.78, 5) is 4.82. The lowest BCUT2D eigenvalue weighted by Gasteiger charge is -2.30. The smallest absolute Gasteiger partial charge is 0.127 e. The summed E-state index contributed by atoms with van der Waals surface area (Å²) in [6.07, 6.45) is 2.14. The van der Waals surface area contributed by atoms with Gasteiger partial charge in [0.25, 0.3) is 0 Å². The highest BCUT2D eigenvalue weighted by Gasteiger charge is 2.23. The summed E-state index contributed by atoms with van der Waals surface area (Å²) in [5.41, 5.74) is 4.33. The molecule has 0 bridgehead atoms. The van der Waals surface area contributed by atoms with Crippen LogP contribution in [0.2, 0.25) is 0 Å². The Bertz CT molecular complexity index is 616. The van der Waals surface area contributed by atoms with E-state index in [-0.39, 0.29) is 0 Å². The molecular weight excluding hydrogens is 300 g/mol. The van der Waals surface area contributed by atoms with Gasteiger partial charge in [-0.25, -0.2) is 0 Å². The number of piperazine rings is 1. The first-order chi connectivity index (χ1) is 11.2. The van der Waals surface area contributed by atoms with E-state index in [2.05, 4.69) is 61.7 Å². The third-order valence-electron chi connectivity index (χ3n) is 4.81. The van der Waals surface area contributed by atoms with Crippen LogP contribution >= 0.6 is 11.8 Å². The Morgan fingerprint density at radius 3 is 2.00 bits per heavy atom. The molecule has 1 heterocycles. The van der Waals surface area contributed by atoms with Crippen molar-refractivity contribution >= 4 is 11.8 Å². The second-order valence-electron chi connectivity index (χ2n) is 6.69. The van der Waals surface area contributed by atoms with Gasteiger partial charge in [-0.15, -0.1) is 11.8 Å². The minimum Gasteiger partial charge on any atom is -0.322 e. The molecule has 0 saturated carbocycles. The maximum absolute atomic E-state index is 2.33. The van der Waals surface area contributed by atoms with Crippen LogP contribution in [0.25, 0.3) is 0 Å². The highest BCUT2D eigenvalue weighted by atomic mass is 32.2. The van der Waals surface area contributed by atoms with Crippen LogP contribution in [-0.4, -0.2) is 32.4 Å². The molecule has 2 nitrogen and oxygen atoms in total. The van der Waals surface area contributed by atoms with Crippen LogP contribution in [0.3, 0.4) is 0 Å². The number of benzene rings is 2. The second kappa shape index (κ2) is 8.00. The molecule has 1 saturated heterocycles. The van der Waals surface area contributed by atoms with Crippen LogP contribution in [0, 0.1) is 6.92 Å². The largest absolute Gasteiger partial charge is 0.322 e. The van der Waals surface area contributed by atoms with Gasteiger partial charge in [0.1, 0.15) is 39.3 Å². The highest BCUT2D eigenvalue weighted by Crippen LogP contribution is 2.14. The summed E-state index contributed by atoms with van der Waals surface area (Å²) >= 11 is 1.82. The van der Waals surface area contributed by atoms with Crippen molar-refractivity contribution in [3.8, 4) is 0 Å². The van der Waals surface area contributed by atoms with Gasteiger partial charge in [-0.1, -0.05) is 42.0 Å². The molecule has 0 radical (unpaired) electrons. The lowest BCUT2D eigenvalue weighted by molar-refractivity contribution is -1.02. The molecule has 0 amide bonds. The third kappa shape index (κ3) is 4.84. The Labute approximate surface area is 144 Å². The molecule has 0 spiro atoms. The zero-order valence-corrected chi connectivity index (χ0v) is 15.1. The van der Waals surface area contributed by atoms with E-state index in [0.29, 0.717) is 0 Å². The number of hydrogen-bond acceptors (Lipinski definition) is 1. The Balaban J connectivity index is 1.48. The van der Waals surface area contributed by atoms with E-state index in [9.17, 15) is 0 Å². The topological polar surface area (TPSA) is 8.88 Å². The molecule has 0 unspecified atom stereocenters. The molecule has 2 aromatic carbocycles. The molecule has 2 N–H and O–H groups in total. The molecule has 0 aromatic heterocycles. The van der Waals surface area contributed by atoms with E-state index < -0.39 is 0 Å². The minimum absolute atomic E-state index is 1.17. The van der Waals surface area contributed by atoms with Crippen LogP contribution in [0.5, 0.6) is 0 Å². The molecule has 122 valence electrons. The summed E-state index contributed by atoms with van der Waals surface area (Å²) in [6, 6.07) is 18.1. The predicted octanol–water partition coefficient (Wildman–Crippen LogP) is 1.20. The van der Waals surface area contributed by atoms with E-state index in [0.717, 1.165) is 0 Å². The van der Waals surface area contributed by atoms with Gasteiger partial charge in [-0.3, -0.25) is 0 Å². The van der Waals surface area contributed by atoms with E-state index in [1.54, 1.807) is 9.80 Å². The number of aryl methyl sites for hydroxylation is 1. The van der Waals surface area contributed by atoms with Gasteiger partial charge in [0.15, 0.2) is 0 Å². The Kier molecular flexibility index (Phi) is 5.76. The standard InChI is InChI=1S/C20H26N2S/c1-17-4-3-5-19(14-17)16-22-12-10-21(11-13-22)15-18-6-8-20(23-2)9-7-18/h3-9,14H,10-13,15-16H2,1-2H3/p+2. The van der Waals surface area contributed by atoms with Crippen molar-refractivity contribution in [3.63, 3.8) is 0 Å². The molecule has 2 aromatic rings. The summed E-state index contributed by atoms with van der Waals surface area (Å²) in [7, 11) is 0. The third-order valence-corrected chi connectivity index (χ3v) is 5.56. The molecule has 0 aliphatic carbocycles. The van der Waals surface area contributed by atoms with Crippen molar-refractivity contribution in [3.05, 3.63) is 65.2 Å². The number of rotatable bonds is 5. The van der Waals surface area contributed by atoms with Gasteiger partial charge in [0.05, 0.1) is 0 Å². The second-order valence-corrected chi connectivity index (χ2v) is 7.57. The van der Waals surface area contributed by atoms with Gasteiger partial charge in [0, 0.05) is 16.0 Å². The van der Waals surface area contributed by atoms with Gasteiger partial charge in [-0.05, 0) is 25.3 Å². The number of nitrogens with one attached hydrogen (secondary N) is 2. The number of hydrogen-bond donors (Lipinski definition) is 2. The average Bonchev–Trinajstić information content (AvgIpc) is 2.57. The lowest BCUT2D eigenvalue weighted by Crippen LogP contribution is -3.27. The van der Waals surface area contributed by atoms with E-state index in [4.69, 9.17) is 0 Å². The fourth-order valence-electron chi connectivity index (χ4n) is 3.45. The summed E-state index contributed by atoms with van der Waals surface area (Å²) < 4.78 is 0. The zero-order valence-electron chi connectivity index (χ0n) is 14.3. The van der Waals surface area contributed by atoms with Crippen molar-refractivity contribution < 1.29 is 9.80 Å². The maximum atomic E-state index is 2.33. The van der Waals surface area contributed by atoms with Gasteiger partial charge in [-0.2, -0.15) is 0 Å². The minimum atomic E-state index is 1.17. The Hall–Kier alpha value is -1.29. The van der Waals surface area contributed by atoms with Crippen LogP contribution < -0.4 is 9.80 Å². The molecule has 1 fully saturated rings. The number of quaternary nitrogens is 2. The Morgan fingerprint density at radius 2 is 1.43 bits per heavy atom. The first-order valence-corrected chi connectivity index (χ1v) is 9.81. The highest BCUT2D eigenvalue weighted by molar-refractivity contribution is 7.98. The fraction of sp³-hybridized carbons (Fsp3) is 0.400. The Morgan fingerprint density at radius 1 is 0.826 bits per heavy atom. The summed E-state index contributed by atoms with van der Waals surface area (Å²) in [5, 5.41) is 0. The van der Waals surface area contributed by atoms with Crippen LogP contribution in [-0.2, 0) is 13.1 Å². The lowest BCUT2D eigenvalue weighted by atomic mass is 10.1. The molecule has 1 aliphatic rings. The van der Waals surface area contributed by atoms with E-state index in [1.165, 1.54) is 60.9 Å². The normalized spacial score (nSPS) is 21.3. The van der Waals surface area contributed by atoms with Crippen molar-refractivity contribution in [2.24, 2.45) is 0 Å². The monoisotopic (exact) mass is 328 g/mol. The van der Waals surface area contributed by atoms with Crippen molar-refractivity contribution in [2.75, 3.05) is 32.4 Å². The predicted molar refractivity (Wildman–Crippen MR) is 98.2 cm³/mol. The molecule has 3 heteroatoms. The average molecular weight is 329 g/mol. The fourth-order valence-corrected chi connectivity index (χ4v) is 3.86. The van der Waals surface area contributed by atoms with E-state index >= 15 is 0 Å². The van der Waals surface area contributed by atoms with Crippen molar-refractivity contribution in [2.45, 2.75) is 24.9 Å². The molecule has 3 rings (SSSR count). The summed E-state index contributed by atoms with van der Waals surface area (Å²) in [5.74, 6) is 0. The molecule has 23 heavy (non-hydrogen) atoms. The SMILES string of the molecule is CSc1ccc(C[NH+]2CC[NH+](Cc3cccc(C)c3)CC2)cc1. The quantitative estimate of drug-likeness (QED) is 0.784. The van der Waals surface area contributed by atoms with Crippen LogP contribution in [0.15, 0.2) is 53.4 Å². The van der Waals surface area contributed by atoms with Crippen LogP contribution in [0.4, 0.5) is 0 Å². The molecular formula is C20H28N2S+2. The first kappa shape index (κ1) is 16.6. The van der Waals surface area contributed by atoms with Gasteiger partial charge >= 0.3 is 0 Å². The molecule has 1 aliphatic heterocycles. The van der Waals surface area contributed by atoms with Crippen LogP contribution in [0.1, 0.15) is 16.7 Å². The van der Waals surface area contributed by atoms with Crippen molar-refractivity contribution in [1.82, 2.24) is 0 Å². The van der Waals surface area contributed by atoms with E-state index in [1.807, 2.05) is 11.8 Å². The number of thioether (sulfide) groups is 1. The zero-order chi connectivity index (χ0) is 16.1. The van der Waals surface area contributed by atoms with Gasteiger partial charge < -0.3 is 9.80 Å². The summed E-state index contributed by atoms with van der Waals surface area (Å²) in [6.45, 7) is 9.67. The van der Waals surface area contributed by atoms with Gasteiger partial charge in [0.2, 0.25) is 0 Å².